The molecular formula is C15H18N2. The van der Waals surface area contributed by atoms with E-state index in [9.17, 15) is 0 Å². The van der Waals surface area contributed by atoms with Gasteiger partial charge in [0.15, 0.2) is 0 Å². The molecule has 0 spiro atoms. The van der Waals surface area contributed by atoms with E-state index in [0.717, 1.165) is 30.1 Å². The Morgan fingerprint density at radius 1 is 1.29 bits per heavy atom. The van der Waals surface area contributed by atoms with Crippen LogP contribution in [0, 0.1) is 22.7 Å². The molecule has 2 fully saturated rings. The van der Waals surface area contributed by atoms with Crippen molar-refractivity contribution in [3.63, 3.8) is 0 Å². The standard InChI is InChI=1S/C15H18N2/c16-9-12-3-1-2-4-13(12)10-17-11-15(7-8-15)14-5-6-14/h1-4,14,17H,5-8,10-11H2. The Labute approximate surface area is 103 Å². The number of hydrogen-bond donors (Lipinski definition) is 1. The van der Waals surface area contributed by atoms with Gasteiger partial charge in [-0.1, -0.05) is 18.2 Å². The van der Waals surface area contributed by atoms with Gasteiger partial charge < -0.3 is 5.32 Å². The van der Waals surface area contributed by atoms with Crippen molar-refractivity contribution in [2.75, 3.05) is 6.54 Å². The van der Waals surface area contributed by atoms with Crippen molar-refractivity contribution < 1.29 is 0 Å². The van der Waals surface area contributed by atoms with E-state index in [1.807, 2.05) is 24.3 Å². The molecule has 0 bridgehead atoms. The lowest BCUT2D eigenvalue weighted by Gasteiger charge is -2.15. The molecule has 3 rings (SSSR count). The highest BCUT2D eigenvalue weighted by Gasteiger charge is 2.53. The number of hydrogen-bond acceptors (Lipinski definition) is 2. The first-order valence-corrected chi connectivity index (χ1v) is 6.53. The maximum atomic E-state index is 9.01. The summed E-state index contributed by atoms with van der Waals surface area (Å²) in [5.74, 6) is 1.00. The molecule has 1 aromatic carbocycles. The molecule has 2 nitrogen and oxygen atoms in total. The highest BCUT2D eigenvalue weighted by Crippen LogP contribution is 2.60. The lowest BCUT2D eigenvalue weighted by molar-refractivity contribution is 0.403. The minimum Gasteiger partial charge on any atom is -0.312 e. The zero-order valence-electron chi connectivity index (χ0n) is 10.1. The number of benzene rings is 1. The van der Waals surface area contributed by atoms with Crippen LogP contribution in [0.5, 0.6) is 0 Å². The monoisotopic (exact) mass is 226 g/mol. The quantitative estimate of drug-likeness (QED) is 0.838. The second-order valence-electron chi connectivity index (χ2n) is 5.51. The van der Waals surface area contributed by atoms with Gasteiger partial charge in [0.25, 0.3) is 0 Å². The molecule has 2 saturated carbocycles. The maximum absolute atomic E-state index is 9.01. The SMILES string of the molecule is N#Cc1ccccc1CNCC1(C2CC2)CC1. The molecule has 0 amide bonds. The predicted molar refractivity (Wildman–Crippen MR) is 67.3 cm³/mol. The number of nitrogens with zero attached hydrogens (tertiary/aromatic N) is 1. The predicted octanol–water partition coefficient (Wildman–Crippen LogP) is 2.84. The van der Waals surface area contributed by atoms with E-state index in [0.29, 0.717) is 5.41 Å². The third-order valence-electron chi connectivity index (χ3n) is 4.27. The van der Waals surface area contributed by atoms with Gasteiger partial charge in [0.2, 0.25) is 0 Å². The maximum Gasteiger partial charge on any atom is 0.0995 e. The lowest BCUT2D eigenvalue weighted by atomic mass is 10.0. The van der Waals surface area contributed by atoms with Gasteiger partial charge in [-0.15, -0.1) is 0 Å². The summed E-state index contributed by atoms with van der Waals surface area (Å²) in [5.41, 5.74) is 2.57. The van der Waals surface area contributed by atoms with Gasteiger partial charge in [0.1, 0.15) is 0 Å². The minimum atomic E-state index is 0.640. The Hall–Kier alpha value is -1.33. The topological polar surface area (TPSA) is 35.8 Å². The largest absolute Gasteiger partial charge is 0.312 e. The van der Waals surface area contributed by atoms with Gasteiger partial charge in [-0.2, -0.15) is 5.26 Å². The summed E-state index contributed by atoms with van der Waals surface area (Å²) < 4.78 is 0. The minimum absolute atomic E-state index is 0.640. The number of nitriles is 1. The van der Waals surface area contributed by atoms with Crippen molar-refractivity contribution in [3.05, 3.63) is 35.4 Å². The molecule has 0 aliphatic heterocycles. The van der Waals surface area contributed by atoms with Gasteiger partial charge in [0, 0.05) is 13.1 Å². The number of nitrogens with one attached hydrogen (secondary N) is 1. The summed E-state index contributed by atoms with van der Waals surface area (Å²) in [7, 11) is 0. The van der Waals surface area contributed by atoms with Crippen molar-refractivity contribution in [2.45, 2.75) is 32.2 Å². The first-order chi connectivity index (χ1) is 8.34. The van der Waals surface area contributed by atoms with Crippen LogP contribution in [0.1, 0.15) is 36.8 Å². The molecule has 0 heterocycles. The zero-order valence-corrected chi connectivity index (χ0v) is 10.1. The van der Waals surface area contributed by atoms with Crippen molar-refractivity contribution in [3.8, 4) is 6.07 Å². The Bertz CT molecular complexity index is 450. The molecule has 88 valence electrons. The summed E-state index contributed by atoms with van der Waals surface area (Å²) in [6.07, 6.45) is 5.70. The Balaban J connectivity index is 1.56. The molecule has 0 radical (unpaired) electrons. The smallest absolute Gasteiger partial charge is 0.0995 e. The summed E-state index contributed by atoms with van der Waals surface area (Å²) >= 11 is 0. The van der Waals surface area contributed by atoms with Crippen molar-refractivity contribution in [1.82, 2.24) is 5.32 Å². The molecular weight excluding hydrogens is 208 g/mol. The van der Waals surface area contributed by atoms with Crippen LogP contribution in [-0.2, 0) is 6.54 Å². The van der Waals surface area contributed by atoms with Crippen molar-refractivity contribution >= 4 is 0 Å². The van der Waals surface area contributed by atoms with Crippen LogP contribution in [0.25, 0.3) is 0 Å². The molecule has 0 aromatic heterocycles. The van der Waals surface area contributed by atoms with Crippen LogP contribution < -0.4 is 5.32 Å². The molecule has 1 N–H and O–H groups in total. The van der Waals surface area contributed by atoms with Gasteiger partial charge in [-0.3, -0.25) is 0 Å². The molecule has 0 saturated heterocycles. The van der Waals surface area contributed by atoms with Crippen molar-refractivity contribution in [1.29, 1.82) is 5.26 Å². The van der Waals surface area contributed by atoms with Crippen LogP contribution in [0.2, 0.25) is 0 Å². The molecule has 0 unspecified atom stereocenters. The lowest BCUT2D eigenvalue weighted by Crippen LogP contribution is -2.25. The molecule has 17 heavy (non-hydrogen) atoms. The number of rotatable bonds is 5. The summed E-state index contributed by atoms with van der Waals surface area (Å²) in [6.45, 7) is 1.97. The van der Waals surface area contributed by atoms with Gasteiger partial charge in [-0.25, -0.2) is 0 Å². The van der Waals surface area contributed by atoms with E-state index in [2.05, 4.69) is 11.4 Å². The second-order valence-corrected chi connectivity index (χ2v) is 5.51. The third-order valence-corrected chi connectivity index (χ3v) is 4.27. The fourth-order valence-electron chi connectivity index (χ4n) is 2.82. The summed E-state index contributed by atoms with van der Waals surface area (Å²) in [6, 6.07) is 10.1. The van der Waals surface area contributed by atoms with Crippen LogP contribution in [0.4, 0.5) is 0 Å². The average Bonchev–Trinajstić information content (AvgIpc) is 3.22. The first kappa shape index (κ1) is 10.8. The van der Waals surface area contributed by atoms with E-state index in [-0.39, 0.29) is 0 Å². The second kappa shape index (κ2) is 4.16. The van der Waals surface area contributed by atoms with Crippen LogP contribution in [0.3, 0.4) is 0 Å². The molecule has 0 atom stereocenters. The van der Waals surface area contributed by atoms with Crippen LogP contribution in [-0.4, -0.2) is 6.54 Å². The molecule has 2 aliphatic carbocycles. The van der Waals surface area contributed by atoms with Crippen LogP contribution in [0.15, 0.2) is 24.3 Å². The normalized spacial score (nSPS) is 20.9. The third kappa shape index (κ3) is 2.21. The fourth-order valence-corrected chi connectivity index (χ4v) is 2.82. The summed E-state index contributed by atoms with van der Waals surface area (Å²) in [4.78, 5) is 0. The van der Waals surface area contributed by atoms with Gasteiger partial charge in [-0.05, 0) is 48.6 Å². The molecule has 2 heteroatoms. The van der Waals surface area contributed by atoms with Crippen molar-refractivity contribution in [2.24, 2.45) is 11.3 Å². The van der Waals surface area contributed by atoms with E-state index in [1.165, 1.54) is 25.7 Å². The first-order valence-electron chi connectivity index (χ1n) is 6.53. The van der Waals surface area contributed by atoms with Gasteiger partial charge in [0.05, 0.1) is 11.6 Å². The highest BCUT2D eigenvalue weighted by molar-refractivity contribution is 5.37. The van der Waals surface area contributed by atoms with E-state index in [4.69, 9.17) is 5.26 Å². The van der Waals surface area contributed by atoms with E-state index >= 15 is 0 Å². The molecule has 2 aliphatic rings. The Morgan fingerprint density at radius 3 is 2.71 bits per heavy atom. The summed E-state index contributed by atoms with van der Waals surface area (Å²) in [5, 5.41) is 12.6. The molecule has 1 aromatic rings. The van der Waals surface area contributed by atoms with Crippen LogP contribution >= 0.6 is 0 Å². The zero-order chi connectivity index (χ0) is 11.7. The highest BCUT2D eigenvalue weighted by atomic mass is 14.9. The van der Waals surface area contributed by atoms with E-state index in [1.54, 1.807) is 0 Å². The van der Waals surface area contributed by atoms with E-state index < -0.39 is 0 Å². The Kier molecular flexibility index (Phi) is 2.64. The Morgan fingerprint density at radius 2 is 2.06 bits per heavy atom. The van der Waals surface area contributed by atoms with Gasteiger partial charge >= 0.3 is 0 Å². The fraction of sp³-hybridized carbons (Fsp3) is 0.533. The average molecular weight is 226 g/mol.